The topological polar surface area (TPSA) is 90.6 Å². The summed E-state index contributed by atoms with van der Waals surface area (Å²) in [5, 5.41) is 7.27. The van der Waals surface area contributed by atoms with Crippen molar-refractivity contribution in [1.29, 1.82) is 0 Å². The lowest BCUT2D eigenvalue weighted by Gasteiger charge is -2.19. The van der Waals surface area contributed by atoms with Gasteiger partial charge >= 0.3 is 0 Å². The first-order chi connectivity index (χ1) is 16.0. The molecule has 0 aliphatic carbocycles. The molecule has 0 aliphatic rings. The molecule has 8 nitrogen and oxygen atoms in total. The maximum absolute atomic E-state index is 13.9. The molecule has 0 radical (unpaired) electrons. The predicted octanol–water partition coefficient (Wildman–Crippen LogP) is 3.97. The van der Waals surface area contributed by atoms with Gasteiger partial charge in [0.2, 0.25) is 0 Å². The van der Waals surface area contributed by atoms with Crippen molar-refractivity contribution in [2.45, 2.75) is 32.4 Å². The van der Waals surface area contributed by atoms with Gasteiger partial charge in [0.05, 0.1) is 18.8 Å². The van der Waals surface area contributed by atoms with Crippen molar-refractivity contribution >= 4 is 11.6 Å². The summed E-state index contributed by atoms with van der Waals surface area (Å²) in [4.78, 5) is 21.7. The van der Waals surface area contributed by atoms with Crippen molar-refractivity contribution in [2.24, 2.45) is 0 Å². The van der Waals surface area contributed by atoms with Gasteiger partial charge in [0.15, 0.2) is 29.1 Å². The molecule has 9 heteroatoms. The third kappa shape index (κ3) is 4.92. The minimum absolute atomic E-state index is 0.0372. The van der Waals surface area contributed by atoms with Gasteiger partial charge in [0, 0.05) is 11.6 Å². The number of nitrogens with zero attached hydrogens (tertiary/aromatic N) is 4. The molecule has 33 heavy (non-hydrogen) atoms. The van der Waals surface area contributed by atoms with E-state index in [-0.39, 0.29) is 11.7 Å². The predicted molar refractivity (Wildman–Crippen MR) is 120 cm³/mol. The van der Waals surface area contributed by atoms with E-state index in [0.29, 0.717) is 17.9 Å². The molecule has 0 saturated carbocycles. The number of halogens is 1. The Morgan fingerprint density at radius 1 is 1.18 bits per heavy atom. The van der Waals surface area contributed by atoms with Crippen LogP contribution in [0.4, 0.5) is 4.39 Å². The Morgan fingerprint density at radius 2 is 1.94 bits per heavy atom. The number of carbonyl (C=O) groups is 1. The van der Waals surface area contributed by atoms with E-state index in [1.807, 2.05) is 30.3 Å². The largest absolute Gasteiger partial charge is 0.497 e. The Labute approximate surface area is 190 Å². The molecule has 0 fully saturated rings. The molecule has 1 amide bonds. The molecule has 170 valence electrons. The van der Waals surface area contributed by atoms with E-state index in [1.165, 1.54) is 12.1 Å². The van der Waals surface area contributed by atoms with Crippen LogP contribution in [0.3, 0.4) is 0 Å². The number of fused-ring (bicyclic) bond motifs is 1. The van der Waals surface area contributed by atoms with Gasteiger partial charge < -0.3 is 14.8 Å². The number of para-hydroxylation sites is 1. The Balaban J connectivity index is 1.48. The number of amides is 1. The molecule has 0 aliphatic heterocycles. The highest BCUT2D eigenvalue weighted by molar-refractivity contribution is 5.81. The summed E-state index contributed by atoms with van der Waals surface area (Å²) >= 11 is 0. The van der Waals surface area contributed by atoms with Crippen LogP contribution in [-0.4, -0.2) is 38.7 Å². The van der Waals surface area contributed by atoms with Crippen LogP contribution in [0.5, 0.6) is 11.5 Å². The van der Waals surface area contributed by atoms with Crippen LogP contribution >= 0.6 is 0 Å². The van der Waals surface area contributed by atoms with Crippen molar-refractivity contribution in [1.82, 2.24) is 24.9 Å². The Kier molecular flexibility index (Phi) is 6.48. The van der Waals surface area contributed by atoms with Crippen molar-refractivity contribution in [3.63, 3.8) is 0 Å². The number of aromatic nitrogens is 4. The molecule has 0 unspecified atom stereocenters. The highest BCUT2D eigenvalue weighted by Gasteiger charge is 2.23. The fourth-order valence-electron chi connectivity index (χ4n) is 3.30. The number of carbonyl (C=O) groups excluding carboxylic acids is 1. The molecule has 1 N–H and O–H groups in total. The Hall–Kier alpha value is -4.01. The van der Waals surface area contributed by atoms with Gasteiger partial charge in [0.1, 0.15) is 12.1 Å². The molecule has 2 atom stereocenters. The Bertz CT molecular complexity index is 1260. The molecule has 2 aromatic heterocycles. The van der Waals surface area contributed by atoms with Crippen LogP contribution in [0.1, 0.15) is 32.1 Å². The summed E-state index contributed by atoms with van der Waals surface area (Å²) in [7, 11) is 1.62. The summed E-state index contributed by atoms with van der Waals surface area (Å²) < 4.78 is 26.2. The number of hydrogen-bond acceptors (Lipinski definition) is 6. The second kappa shape index (κ2) is 9.64. The van der Waals surface area contributed by atoms with Crippen molar-refractivity contribution < 1.29 is 18.7 Å². The first kappa shape index (κ1) is 22.2. The second-order valence-electron chi connectivity index (χ2n) is 7.45. The average molecular weight is 449 g/mol. The first-order valence-corrected chi connectivity index (χ1v) is 10.6. The van der Waals surface area contributed by atoms with Crippen LogP contribution in [0.25, 0.3) is 16.9 Å². The van der Waals surface area contributed by atoms with Gasteiger partial charge in [-0.05, 0) is 49.7 Å². The standard InChI is InChI=1S/C24H24FN5O3/c1-4-20(33-21-8-6-5-7-18(21)25)24(31)27-15(2)23-28-22-13-19(26-14-30(22)29-23)16-9-11-17(32-3)12-10-16/h5-15,20H,4H2,1-3H3,(H,27,31)/t15-,20+/m1/s1. The van der Waals surface area contributed by atoms with Crippen LogP contribution in [-0.2, 0) is 4.79 Å². The fourth-order valence-corrected chi connectivity index (χ4v) is 3.30. The van der Waals surface area contributed by atoms with Gasteiger partial charge in [-0.3, -0.25) is 4.79 Å². The number of rotatable bonds is 8. The van der Waals surface area contributed by atoms with E-state index in [9.17, 15) is 9.18 Å². The molecular formula is C24H24FN5O3. The summed E-state index contributed by atoms with van der Waals surface area (Å²) in [6, 6.07) is 14.9. The normalized spacial score (nSPS) is 12.8. The van der Waals surface area contributed by atoms with Gasteiger partial charge in [-0.2, -0.15) is 0 Å². The zero-order valence-electron chi connectivity index (χ0n) is 18.5. The molecule has 4 rings (SSSR count). The van der Waals surface area contributed by atoms with E-state index in [0.717, 1.165) is 17.0 Å². The zero-order chi connectivity index (χ0) is 23.4. The third-order valence-electron chi connectivity index (χ3n) is 5.15. The molecule has 4 aromatic rings. The van der Waals surface area contributed by atoms with E-state index >= 15 is 0 Å². The van der Waals surface area contributed by atoms with Crippen LogP contribution < -0.4 is 14.8 Å². The van der Waals surface area contributed by atoms with Crippen molar-refractivity contribution in [2.75, 3.05) is 7.11 Å². The molecule has 0 bridgehead atoms. The van der Waals surface area contributed by atoms with Gasteiger partial charge in [-0.1, -0.05) is 19.1 Å². The average Bonchev–Trinajstić information content (AvgIpc) is 3.27. The van der Waals surface area contributed by atoms with Gasteiger partial charge in [0.25, 0.3) is 5.91 Å². The minimum Gasteiger partial charge on any atom is -0.497 e. The smallest absolute Gasteiger partial charge is 0.261 e. The zero-order valence-corrected chi connectivity index (χ0v) is 18.5. The maximum Gasteiger partial charge on any atom is 0.261 e. The summed E-state index contributed by atoms with van der Waals surface area (Å²) in [6.07, 6.45) is 1.11. The number of methoxy groups -OCH3 is 1. The first-order valence-electron chi connectivity index (χ1n) is 10.6. The van der Waals surface area contributed by atoms with E-state index < -0.39 is 18.0 Å². The molecule has 0 spiro atoms. The summed E-state index contributed by atoms with van der Waals surface area (Å²) in [5.74, 6) is 0.342. The van der Waals surface area contributed by atoms with E-state index in [1.54, 1.807) is 43.9 Å². The quantitative estimate of drug-likeness (QED) is 0.438. The van der Waals surface area contributed by atoms with E-state index in [2.05, 4.69) is 20.4 Å². The number of hydrogen-bond donors (Lipinski definition) is 1. The van der Waals surface area contributed by atoms with Crippen LogP contribution in [0.15, 0.2) is 60.9 Å². The lowest BCUT2D eigenvalue weighted by Crippen LogP contribution is -2.39. The highest BCUT2D eigenvalue weighted by Crippen LogP contribution is 2.22. The van der Waals surface area contributed by atoms with Crippen LogP contribution in [0, 0.1) is 5.82 Å². The number of ether oxygens (including phenoxy) is 2. The molecule has 2 heterocycles. The minimum atomic E-state index is -0.843. The number of benzene rings is 2. The SMILES string of the molecule is CC[C@H](Oc1ccccc1F)C(=O)N[C@H](C)c1nc2cc(-c3ccc(OC)cc3)ncn2n1. The summed E-state index contributed by atoms with van der Waals surface area (Å²) in [5.41, 5.74) is 2.26. The summed E-state index contributed by atoms with van der Waals surface area (Å²) in [6.45, 7) is 3.57. The van der Waals surface area contributed by atoms with Crippen molar-refractivity contribution in [3.05, 3.63) is 72.6 Å². The molecule has 2 aromatic carbocycles. The second-order valence-corrected chi connectivity index (χ2v) is 7.45. The third-order valence-corrected chi connectivity index (χ3v) is 5.15. The lowest BCUT2D eigenvalue weighted by atomic mass is 10.1. The molecule has 0 saturated heterocycles. The monoisotopic (exact) mass is 449 g/mol. The van der Waals surface area contributed by atoms with Gasteiger partial charge in [-0.25, -0.2) is 18.9 Å². The fraction of sp³-hybridized carbons (Fsp3) is 0.250. The van der Waals surface area contributed by atoms with E-state index in [4.69, 9.17) is 9.47 Å². The Morgan fingerprint density at radius 3 is 2.64 bits per heavy atom. The van der Waals surface area contributed by atoms with Crippen molar-refractivity contribution in [3.8, 4) is 22.8 Å². The van der Waals surface area contributed by atoms with Crippen LogP contribution in [0.2, 0.25) is 0 Å². The highest BCUT2D eigenvalue weighted by atomic mass is 19.1. The lowest BCUT2D eigenvalue weighted by molar-refractivity contribution is -0.128. The maximum atomic E-state index is 13.9. The van der Waals surface area contributed by atoms with Gasteiger partial charge in [-0.15, -0.1) is 5.10 Å². The number of nitrogens with one attached hydrogen (secondary N) is 1. The molecular weight excluding hydrogens is 425 g/mol.